The van der Waals surface area contributed by atoms with E-state index in [9.17, 15) is 9.59 Å². The largest absolute Gasteiger partial charge is 0.352 e. The van der Waals surface area contributed by atoms with Crippen molar-refractivity contribution in [1.29, 1.82) is 0 Å². The van der Waals surface area contributed by atoms with Crippen molar-refractivity contribution in [3.05, 3.63) is 36.2 Å². The van der Waals surface area contributed by atoms with Gasteiger partial charge in [0.1, 0.15) is 0 Å². The number of carbonyl (C=O) groups excluding carboxylic acids is 2. The van der Waals surface area contributed by atoms with Crippen molar-refractivity contribution in [3.8, 4) is 11.4 Å². The highest BCUT2D eigenvalue weighted by Gasteiger charge is 2.45. The Morgan fingerprint density at radius 1 is 1.00 bits per heavy atom. The minimum atomic E-state index is -0.332. The number of hydrogen-bond acceptors (Lipinski definition) is 5. The molecular weight excluding hydrogens is 428 g/mol. The first kappa shape index (κ1) is 23.1. The molecule has 0 spiro atoms. The summed E-state index contributed by atoms with van der Waals surface area (Å²) < 4.78 is 5.72. The van der Waals surface area contributed by atoms with Crippen LogP contribution in [0.2, 0.25) is 0 Å². The van der Waals surface area contributed by atoms with Gasteiger partial charge in [-0.05, 0) is 44.9 Å². The Morgan fingerprint density at radius 3 is 2.44 bits per heavy atom. The summed E-state index contributed by atoms with van der Waals surface area (Å²) in [6.45, 7) is 3.77. The predicted octanol–water partition coefficient (Wildman–Crippen LogP) is 4.70. The van der Waals surface area contributed by atoms with E-state index in [1.54, 1.807) is 0 Å². The quantitative estimate of drug-likeness (QED) is 0.693. The molecule has 1 aliphatic heterocycles. The third kappa shape index (κ3) is 4.75. The van der Waals surface area contributed by atoms with Crippen LogP contribution >= 0.6 is 0 Å². The summed E-state index contributed by atoms with van der Waals surface area (Å²) in [5.41, 5.74) is 0.564. The minimum Gasteiger partial charge on any atom is -0.352 e. The van der Waals surface area contributed by atoms with E-state index >= 15 is 0 Å². The van der Waals surface area contributed by atoms with Crippen LogP contribution in [0.5, 0.6) is 0 Å². The van der Waals surface area contributed by atoms with Crippen molar-refractivity contribution in [2.75, 3.05) is 13.1 Å². The van der Waals surface area contributed by atoms with Crippen molar-refractivity contribution in [1.82, 2.24) is 20.4 Å². The molecule has 34 heavy (non-hydrogen) atoms. The molecule has 7 nitrogen and oxygen atoms in total. The molecule has 5 rings (SSSR count). The van der Waals surface area contributed by atoms with Crippen LogP contribution in [0.3, 0.4) is 0 Å². The molecule has 182 valence electrons. The lowest BCUT2D eigenvalue weighted by Gasteiger charge is -2.34. The van der Waals surface area contributed by atoms with Crippen LogP contribution < -0.4 is 5.32 Å². The maximum Gasteiger partial charge on any atom is 0.232 e. The van der Waals surface area contributed by atoms with Gasteiger partial charge in [0, 0.05) is 36.0 Å². The van der Waals surface area contributed by atoms with Crippen LogP contribution in [0.4, 0.5) is 0 Å². The molecule has 3 aliphatic rings. The molecule has 7 heteroatoms. The first-order valence-electron chi connectivity index (χ1n) is 13.0. The summed E-state index contributed by atoms with van der Waals surface area (Å²) in [5.74, 6) is 1.11. The molecule has 1 saturated heterocycles. The lowest BCUT2D eigenvalue weighted by Crippen LogP contribution is -2.46. The van der Waals surface area contributed by atoms with Gasteiger partial charge in [-0.1, -0.05) is 61.7 Å². The number of piperidine rings is 1. The molecule has 2 heterocycles. The molecule has 2 saturated carbocycles. The molecule has 3 fully saturated rings. The van der Waals surface area contributed by atoms with Crippen molar-refractivity contribution in [2.45, 2.75) is 83.1 Å². The first-order valence-corrected chi connectivity index (χ1v) is 13.0. The zero-order valence-electron chi connectivity index (χ0n) is 20.2. The van der Waals surface area contributed by atoms with Crippen LogP contribution in [0.15, 0.2) is 34.9 Å². The highest BCUT2D eigenvalue weighted by Crippen LogP contribution is 2.42. The predicted molar refractivity (Wildman–Crippen MR) is 129 cm³/mol. The summed E-state index contributed by atoms with van der Waals surface area (Å²) in [6, 6.07) is 9.58. The van der Waals surface area contributed by atoms with Crippen molar-refractivity contribution < 1.29 is 14.1 Å². The SMILES string of the molecule is CC1(C(=O)NC2CC(C(=O)N3CCCCC3)CC2c2nc(-c3ccccc3)no2)CCCCC1. The molecule has 1 N–H and O–H groups in total. The lowest BCUT2D eigenvalue weighted by atomic mass is 9.75. The molecule has 2 aromatic rings. The summed E-state index contributed by atoms with van der Waals surface area (Å²) in [4.78, 5) is 33.4. The second-order valence-electron chi connectivity index (χ2n) is 10.7. The Morgan fingerprint density at radius 2 is 1.71 bits per heavy atom. The first-order chi connectivity index (χ1) is 16.5. The Hall–Kier alpha value is -2.70. The smallest absolute Gasteiger partial charge is 0.232 e. The van der Waals surface area contributed by atoms with Gasteiger partial charge in [-0.15, -0.1) is 0 Å². The zero-order valence-corrected chi connectivity index (χ0v) is 20.2. The van der Waals surface area contributed by atoms with Gasteiger partial charge >= 0.3 is 0 Å². The second-order valence-corrected chi connectivity index (χ2v) is 10.7. The number of nitrogens with one attached hydrogen (secondary N) is 1. The average molecular weight is 465 g/mol. The van der Waals surface area contributed by atoms with E-state index in [0.717, 1.165) is 57.2 Å². The van der Waals surface area contributed by atoms with Crippen LogP contribution in [-0.2, 0) is 9.59 Å². The van der Waals surface area contributed by atoms with Gasteiger partial charge in [-0.3, -0.25) is 9.59 Å². The van der Waals surface area contributed by atoms with Crippen LogP contribution in [0, 0.1) is 11.3 Å². The highest BCUT2D eigenvalue weighted by atomic mass is 16.5. The number of benzene rings is 1. The molecule has 3 unspecified atom stereocenters. The maximum atomic E-state index is 13.4. The molecular formula is C27H36N4O3. The van der Waals surface area contributed by atoms with Gasteiger partial charge in [0.15, 0.2) is 0 Å². The normalized spacial score (nSPS) is 26.9. The van der Waals surface area contributed by atoms with Crippen molar-refractivity contribution >= 4 is 11.8 Å². The Labute approximate surface area is 201 Å². The fraction of sp³-hybridized carbons (Fsp3) is 0.630. The Balaban J connectivity index is 1.36. The zero-order chi connectivity index (χ0) is 23.5. The number of amides is 2. The molecule has 1 aromatic carbocycles. The highest BCUT2D eigenvalue weighted by molar-refractivity contribution is 5.83. The van der Waals surface area contributed by atoms with Gasteiger partial charge in [0.25, 0.3) is 0 Å². The van der Waals surface area contributed by atoms with E-state index < -0.39 is 0 Å². The fourth-order valence-electron chi connectivity index (χ4n) is 6.04. The van der Waals surface area contributed by atoms with Crippen LogP contribution in [-0.4, -0.2) is 46.0 Å². The number of nitrogens with zero attached hydrogens (tertiary/aromatic N) is 3. The molecule has 0 radical (unpaired) electrons. The van der Waals surface area contributed by atoms with E-state index in [2.05, 4.69) is 17.4 Å². The summed E-state index contributed by atoms with van der Waals surface area (Å²) >= 11 is 0. The number of likely N-dealkylation sites (tertiary alicyclic amines) is 1. The lowest BCUT2D eigenvalue weighted by molar-refractivity contribution is -0.137. The van der Waals surface area contributed by atoms with Crippen molar-refractivity contribution in [3.63, 3.8) is 0 Å². The summed E-state index contributed by atoms with van der Waals surface area (Å²) in [5, 5.41) is 7.55. The molecule has 0 bridgehead atoms. The Bertz CT molecular complexity index is 992. The second kappa shape index (κ2) is 9.88. The van der Waals surface area contributed by atoms with E-state index in [0.29, 0.717) is 24.6 Å². The monoisotopic (exact) mass is 464 g/mol. The van der Waals surface area contributed by atoms with Gasteiger partial charge in [0.2, 0.25) is 23.5 Å². The van der Waals surface area contributed by atoms with Crippen molar-refractivity contribution in [2.24, 2.45) is 11.3 Å². The van der Waals surface area contributed by atoms with Gasteiger partial charge in [0.05, 0.1) is 5.92 Å². The van der Waals surface area contributed by atoms with Gasteiger partial charge in [-0.2, -0.15) is 4.98 Å². The van der Waals surface area contributed by atoms with E-state index in [1.807, 2.05) is 35.2 Å². The number of carbonyl (C=O) groups is 2. The minimum absolute atomic E-state index is 0.107. The summed E-state index contributed by atoms with van der Waals surface area (Å²) in [7, 11) is 0. The topological polar surface area (TPSA) is 88.3 Å². The van der Waals surface area contributed by atoms with Crippen LogP contribution in [0.25, 0.3) is 11.4 Å². The third-order valence-corrected chi connectivity index (χ3v) is 8.19. The van der Waals surface area contributed by atoms with E-state index in [1.165, 1.54) is 12.8 Å². The molecule has 2 amide bonds. The van der Waals surface area contributed by atoms with Gasteiger partial charge in [-0.25, -0.2) is 0 Å². The maximum absolute atomic E-state index is 13.4. The van der Waals surface area contributed by atoms with E-state index in [4.69, 9.17) is 9.51 Å². The molecule has 3 atom stereocenters. The molecule has 2 aliphatic carbocycles. The van der Waals surface area contributed by atoms with Crippen LogP contribution in [0.1, 0.15) is 82.9 Å². The molecule has 1 aromatic heterocycles. The van der Waals surface area contributed by atoms with Gasteiger partial charge < -0.3 is 14.7 Å². The average Bonchev–Trinajstić information content (AvgIpc) is 3.53. The fourth-order valence-corrected chi connectivity index (χ4v) is 6.04. The Kier molecular flexibility index (Phi) is 6.70. The number of hydrogen-bond donors (Lipinski definition) is 1. The standard InChI is InChI=1S/C27H36N4O3/c1-27(13-7-3-8-14-27)26(33)28-22-18-20(25(32)31-15-9-4-10-16-31)17-21(22)24-29-23(30-34-24)19-11-5-2-6-12-19/h2,5-6,11-12,20-22H,3-4,7-10,13-18H2,1H3,(H,28,33). The summed E-state index contributed by atoms with van der Waals surface area (Å²) in [6.07, 6.45) is 9.84. The van der Waals surface area contributed by atoms with E-state index in [-0.39, 0.29) is 35.1 Å². The third-order valence-electron chi connectivity index (χ3n) is 8.19. The number of aromatic nitrogens is 2. The number of rotatable bonds is 5.